The van der Waals surface area contributed by atoms with Crippen molar-refractivity contribution in [2.75, 3.05) is 31.2 Å². The van der Waals surface area contributed by atoms with Crippen molar-refractivity contribution in [1.82, 2.24) is 29.5 Å². The van der Waals surface area contributed by atoms with Crippen molar-refractivity contribution in [3.63, 3.8) is 0 Å². The van der Waals surface area contributed by atoms with Gasteiger partial charge in [0.15, 0.2) is 5.65 Å². The van der Waals surface area contributed by atoms with Gasteiger partial charge in [-0.25, -0.2) is 15.0 Å². The standard InChI is InChI=1S/C20H21N7O/c1-2-13(1)10-27-12-23-18-17(14-3-4-15-16(9-14)22-11-21-15)24-20(25-19(18)27)26-5-7-28-8-6-26/h3-4,9,11-13H,1-2,5-8,10H2,(H,21,22). The van der Waals surface area contributed by atoms with Crippen molar-refractivity contribution in [3.8, 4) is 11.3 Å². The molecule has 1 saturated carbocycles. The van der Waals surface area contributed by atoms with E-state index in [4.69, 9.17) is 19.7 Å². The van der Waals surface area contributed by atoms with Gasteiger partial charge in [0.25, 0.3) is 0 Å². The number of morpholine rings is 1. The van der Waals surface area contributed by atoms with Gasteiger partial charge in [0, 0.05) is 25.2 Å². The minimum atomic E-state index is 0.707. The number of aromatic amines is 1. The number of benzene rings is 1. The zero-order chi connectivity index (χ0) is 18.5. The highest BCUT2D eigenvalue weighted by molar-refractivity contribution is 5.91. The van der Waals surface area contributed by atoms with Crippen LogP contribution in [0.25, 0.3) is 33.5 Å². The third kappa shape index (κ3) is 2.72. The lowest BCUT2D eigenvalue weighted by atomic mass is 10.1. The van der Waals surface area contributed by atoms with E-state index in [0.717, 1.165) is 65.0 Å². The third-order valence-corrected chi connectivity index (χ3v) is 5.59. The fourth-order valence-electron chi connectivity index (χ4n) is 3.83. The van der Waals surface area contributed by atoms with Crippen LogP contribution >= 0.6 is 0 Å². The van der Waals surface area contributed by atoms with E-state index >= 15 is 0 Å². The molecule has 0 spiro atoms. The highest BCUT2D eigenvalue weighted by Crippen LogP contribution is 2.33. The minimum Gasteiger partial charge on any atom is -0.378 e. The Morgan fingerprint density at radius 3 is 2.86 bits per heavy atom. The number of hydrogen-bond donors (Lipinski definition) is 1. The molecule has 8 heteroatoms. The summed E-state index contributed by atoms with van der Waals surface area (Å²) < 4.78 is 7.70. The largest absolute Gasteiger partial charge is 0.378 e. The number of anilines is 1. The van der Waals surface area contributed by atoms with Crippen molar-refractivity contribution in [2.24, 2.45) is 5.92 Å². The second-order valence-electron chi connectivity index (χ2n) is 7.62. The molecule has 1 aliphatic carbocycles. The highest BCUT2D eigenvalue weighted by Gasteiger charge is 2.25. The molecule has 1 aliphatic heterocycles. The number of aromatic nitrogens is 6. The quantitative estimate of drug-likeness (QED) is 0.590. The van der Waals surface area contributed by atoms with Gasteiger partial charge >= 0.3 is 0 Å². The number of hydrogen-bond acceptors (Lipinski definition) is 6. The van der Waals surface area contributed by atoms with Crippen molar-refractivity contribution < 1.29 is 4.74 Å². The van der Waals surface area contributed by atoms with Gasteiger partial charge in [-0.1, -0.05) is 6.07 Å². The normalized spacial score (nSPS) is 17.6. The topological polar surface area (TPSA) is 84.8 Å². The molecular weight excluding hydrogens is 354 g/mol. The maximum absolute atomic E-state index is 5.51. The van der Waals surface area contributed by atoms with Crippen LogP contribution < -0.4 is 4.90 Å². The Labute approximate surface area is 161 Å². The zero-order valence-electron chi connectivity index (χ0n) is 15.5. The summed E-state index contributed by atoms with van der Waals surface area (Å²) >= 11 is 0. The molecule has 2 aliphatic rings. The fourth-order valence-corrected chi connectivity index (χ4v) is 3.83. The van der Waals surface area contributed by atoms with Crippen molar-refractivity contribution in [3.05, 3.63) is 30.9 Å². The summed E-state index contributed by atoms with van der Waals surface area (Å²) in [4.78, 5) is 24.3. The first-order valence-corrected chi connectivity index (χ1v) is 9.84. The van der Waals surface area contributed by atoms with Gasteiger partial charge in [0.1, 0.15) is 11.2 Å². The number of rotatable bonds is 4. The first kappa shape index (κ1) is 16.0. The van der Waals surface area contributed by atoms with Gasteiger partial charge in [-0.2, -0.15) is 4.98 Å². The summed E-state index contributed by atoms with van der Waals surface area (Å²) in [5.41, 5.74) is 5.61. The predicted octanol–water partition coefficient (Wildman–Crippen LogP) is 2.62. The molecule has 6 rings (SSSR count). The second kappa shape index (κ2) is 6.27. The molecule has 0 bridgehead atoms. The maximum Gasteiger partial charge on any atom is 0.228 e. The van der Waals surface area contributed by atoms with E-state index in [1.807, 2.05) is 12.4 Å². The van der Waals surface area contributed by atoms with Gasteiger partial charge in [0.2, 0.25) is 5.95 Å². The minimum absolute atomic E-state index is 0.707. The Balaban J connectivity index is 1.53. The first-order chi connectivity index (χ1) is 13.8. The van der Waals surface area contributed by atoms with E-state index in [0.29, 0.717) is 13.2 Å². The molecule has 1 aromatic carbocycles. The van der Waals surface area contributed by atoms with Gasteiger partial charge in [-0.05, 0) is 30.9 Å². The molecule has 2 fully saturated rings. The van der Waals surface area contributed by atoms with Crippen LogP contribution in [0.2, 0.25) is 0 Å². The van der Waals surface area contributed by atoms with Crippen LogP contribution in [0, 0.1) is 5.92 Å². The van der Waals surface area contributed by atoms with Crippen LogP contribution in [0.1, 0.15) is 12.8 Å². The molecule has 28 heavy (non-hydrogen) atoms. The molecule has 0 radical (unpaired) electrons. The van der Waals surface area contributed by atoms with Crippen molar-refractivity contribution in [2.45, 2.75) is 19.4 Å². The molecule has 3 aromatic heterocycles. The molecule has 0 atom stereocenters. The molecule has 1 N–H and O–H groups in total. The molecule has 0 amide bonds. The van der Waals surface area contributed by atoms with Crippen LogP contribution in [0.15, 0.2) is 30.9 Å². The summed E-state index contributed by atoms with van der Waals surface area (Å²) in [6.45, 7) is 4.01. The monoisotopic (exact) mass is 375 g/mol. The van der Waals surface area contributed by atoms with E-state index < -0.39 is 0 Å². The molecular formula is C20H21N7O. The fraction of sp³-hybridized carbons (Fsp3) is 0.400. The molecule has 0 unspecified atom stereocenters. The number of ether oxygens (including phenoxy) is 1. The van der Waals surface area contributed by atoms with E-state index in [1.54, 1.807) is 6.33 Å². The number of nitrogens with one attached hydrogen (secondary N) is 1. The van der Waals surface area contributed by atoms with E-state index in [1.165, 1.54) is 12.8 Å². The summed E-state index contributed by atoms with van der Waals surface area (Å²) in [6.07, 6.45) is 6.22. The summed E-state index contributed by atoms with van der Waals surface area (Å²) in [6, 6.07) is 6.17. The molecule has 1 saturated heterocycles. The molecule has 142 valence electrons. The lowest BCUT2D eigenvalue weighted by Gasteiger charge is -2.27. The Morgan fingerprint density at radius 2 is 2.00 bits per heavy atom. The van der Waals surface area contributed by atoms with Crippen LogP contribution in [-0.4, -0.2) is 55.8 Å². The first-order valence-electron chi connectivity index (χ1n) is 9.84. The Morgan fingerprint density at radius 1 is 1.11 bits per heavy atom. The Bertz CT molecular complexity index is 1150. The Kier molecular flexibility index (Phi) is 3.58. The van der Waals surface area contributed by atoms with Crippen LogP contribution in [0.3, 0.4) is 0 Å². The van der Waals surface area contributed by atoms with Gasteiger partial charge in [-0.15, -0.1) is 0 Å². The number of imidazole rings is 2. The third-order valence-electron chi connectivity index (χ3n) is 5.59. The van der Waals surface area contributed by atoms with E-state index in [2.05, 4.69) is 31.6 Å². The maximum atomic E-state index is 5.51. The van der Waals surface area contributed by atoms with Gasteiger partial charge in [-0.3, -0.25) is 0 Å². The lowest BCUT2D eigenvalue weighted by Crippen LogP contribution is -2.37. The lowest BCUT2D eigenvalue weighted by molar-refractivity contribution is 0.122. The summed E-state index contributed by atoms with van der Waals surface area (Å²) in [5, 5.41) is 0. The second-order valence-corrected chi connectivity index (χ2v) is 7.62. The zero-order valence-corrected chi connectivity index (χ0v) is 15.5. The van der Waals surface area contributed by atoms with E-state index in [9.17, 15) is 0 Å². The molecule has 4 aromatic rings. The van der Waals surface area contributed by atoms with Crippen LogP contribution in [0.5, 0.6) is 0 Å². The number of fused-ring (bicyclic) bond motifs is 2. The number of H-pyrrole nitrogens is 1. The van der Waals surface area contributed by atoms with Gasteiger partial charge in [0.05, 0.1) is 36.9 Å². The highest BCUT2D eigenvalue weighted by atomic mass is 16.5. The SMILES string of the molecule is c1nc2ccc(-c3nc(N4CCOCC4)nc4c3ncn4CC3CC3)cc2[nH]1. The van der Waals surface area contributed by atoms with Crippen molar-refractivity contribution in [1.29, 1.82) is 0 Å². The van der Waals surface area contributed by atoms with Crippen LogP contribution in [-0.2, 0) is 11.3 Å². The average molecular weight is 375 g/mol. The smallest absolute Gasteiger partial charge is 0.228 e. The number of nitrogens with zero attached hydrogens (tertiary/aromatic N) is 6. The Hall–Kier alpha value is -3.00. The molecule has 8 nitrogen and oxygen atoms in total. The van der Waals surface area contributed by atoms with Crippen LogP contribution in [0.4, 0.5) is 5.95 Å². The van der Waals surface area contributed by atoms with E-state index in [-0.39, 0.29) is 0 Å². The summed E-state index contributed by atoms with van der Waals surface area (Å²) in [7, 11) is 0. The van der Waals surface area contributed by atoms with Gasteiger partial charge < -0.3 is 19.2 Å². The summed E-state index contributed by atoms with van der Waals surface area (Å²) in [5.74, 6) is 1.51. The molecule has 4 heterocycles. The average Bonchev–Trinajstić information content (AvgIpc) is 3.28. The van der Waals surface area contributed by atoms with Crippen molar-refractivity contribution >= 4 is 28.1 Å². The predicted molar refractivity (Wildman–Crippen MR) is 106 cm³/mol.